The van der Waals surface area contributed by atoms with Gasteiger partial charge in [-0.15, -0.1) is 11.3 Å². The highest BCUT2D eigenvalue weighted by atomic mass is 79.9. The molecule has 8 heteroatoms. The topological polar surface area (TPSA) is 64.0 Å². The van der Waals surface area contributed by atoms with Gasteiger partial charge in [0.1, 0.15) is 11.2 Å². The zero-order chi connectivity index (χ0) is 17.3. The molecule has 0 aliphatic rings. The summed E-state index contributed by atoms with van der Waals surface area (Å²) >= 11 is 6.09. The molecule has 0 unspecified atom stereocenters. The molecular weight excluding hydrogens is 410 g/mol. The number of anilines is 1. The zero-order valence-corrected chi connectivity index (χ0v) is 16.2. The van der Waals surface area contributed by atoms with Gasteiger partial charge in [-0.2, -0.15) is 0 Å². The number of aromatic nitrogens is 2. The highest BCUT2D eigenvalue weighted by molar-refractivity contribution is 9.10. The van der Waals surface area contributed by atoms with Gasteiger partial charge in [-0.25, -0.2) is 4.98 Å². The maximum atomic E-state index is 12.6. The lowest BCUT2D eigenvalue weighted by Crippen LogP contribution is -2.29. The molecule has 0 aliphatic heterocycles. The van der Waals surface area contributed by atoms with Gasteiger partial charge in [-0.05, 0) is 48.4 Å². The Morgan fingerprint density at radius 2 is 2.21 bits per heavy atom. The van der Waals surface area contributed by atoms with E-state index in [-0.39, 0.29) is 18.0 Å². The fourth-order valence-corrected chi connectivity index (χ4v) is 4.13. The second kappa shape index (κ2) is 7.08. The van der Waals surface area contributed by atoms with Crippen LogP contribution in [0.15, 0.2) is 44.1 Å². The summed E-state index contributed by atoms with van der Waals surface area (Å²) in [5, 5.41) is 5.22. The average Bonchev–Trinajstić information content (AvgIpc) is 3.01. The van der Waals surface area contributed by atoms with Gasteiger partial charge in [0.25, 0.3) is 5.56 Å². The fraction of sp³-hybridized carbons (Fsp3) is 0.188. The molecular formula is C16H14BrN3O2S2. The molecule has 1 amide bonds. The Kier molecular flexibility index (Phi) is 5.07. The molecule has 0 spiro atoms. The van der Waals surface area contributed by atoms with Crippen LogP contribution < -0.4 is 10.9 Å². The lowest BCUT2D eigenvalue weighted by atomic mass is 10.2. The number of nitrogens with zero attached hydrogens (tertiary/aromatic N) is 2. The molecule has 1 aromatic carbocycles. The number of thioether (sulfide) groups is 1. The fourth-order valence-electron chi connectivity index (χ4n) is 2.32. The lowest BCUT2D eigenvalue weighted by molar-refractivity contribution is -0.116. The van der Waals surface area contributed by atoms with Crippen molar-refractivity contribution in [1.29, 1.82) is 0 Å². The Hall–Kier alpha value is -1.64. The predicted molar refractivity (Wildman–Crippen MR) is 103 cm³/mol. The average molecular weight is 424 g/mol. The van der Waals surface area contributed by atoms with E-state index in [0.29, 0.717) is 15.4 Å². The summed E-state index contributed by atoms with van der Waals surface area (Å²) < 4.78 is 2.94. The molecule has 1 N–H and O–H groups in total. The van der Waals surface area contributed by atoms with Gasteiger partial charge in [0, 0.05) is 10.2 Å². The Bertz CT molecular complexity index is 981. The van der Waals surface area contributed by atoms with Crippen molar-refractivity contribution in [2.75, 3.05) is 11.6 Å². The first kappa shape index (κ1) is 17.2. The van der Waals surface area contributed by atoms with Crippen molar-refractivity contribution in [2.45, 2.75) is 18.6 Å². The van der Waals surface area contributed by atoms with Crippen molar-refractivity contribution in [2.24, 2.45) is 0 Å². The molecule has 0 saturated heterocycles. The molecule has 0 bridgehead atoms. The van der Waals surface area contributed by atoms with Crippen LogP contribution in [0, 0.1) is 6.92 Å². The SMILES string of the molecule is CSc1nc2ccsc2c(=O)n1CC(=O)Nc1ccc(Br)cc1C. The van der Waals surface area contributed by atoms with Crippen LogP contribution >= 0.6 is 39.0 Å². The first-order chi connectivity index (χ1) is 11.5. The smallest absolute Gasteiger partial charge is 0.272 e. The number of carbonyl (C=O) groups excluding carboxylic acids is 1. The van der Waals surface area contributed by atoms with Crippen molar-refractivity contribution in [3.8, 4) is 0 Å². The predicted octanol–water partition coefficient (Wildman–Crippen LogP) is 3.89. The van der Waals surface area contributed by atoms with Crippen LogP contribution in [0.2, 0.25) is 0 Å². The number of rotatable bonds is 4. The van der Waals surface area contributed by atoms with E-state index in [2.05, 4.69) is 26.2 Å². The van der Waals surface area contributed by atoms with Crippen LogP contribution in [0.4, 0.5) is 5.69 Å². The van der Waals surface area contributed by atoms with E-state index in [9.17, 15) is 9.59 Å². The number of carbonyl (C=O) groups is 1. The number of hydrogen-bond acceptors (Lipinski definition) is 5. The number of aryl methyl sites for hydroxylation is 1. The summed E-state index contributed by atoms with van der Waals surface area (Å²) in [7, 11) is 0. The standard InChI is InChI=1S/C16H14BrN3O2S2/c1-9-7-10(17)3-4-11(9)18-13(21)8-20-15(22)14-12(5-6-24-14)19-16(20)23-2/h3-7H,8H2,1-2H3,(H,18,21). The minimum atomic E-state index is -0.254. The number of fused-ring (bicyclic) bond motifs is 1. The van der Waals surface area contributed by atoms with Crippen LogP contribution in [0.5, 0.6) is 0 Å². The van der Waals surface area contributed by atoms with E-state index in [0.717, 1.165) is 15.7 Å². The second-order valence-electron chi connectivity index (χ2n) is 5.13. The maximum Gasteiger partial charge on any atom is 0.272 e. The molecule has 0 aliphatic carbocycles. The number of hydrogen-bond donors (Lipinski definition) is 1. The Labute approximate surface area is 155 Å². The lowest BCUT2D eigenvalue weighted by Gasteiger charge is -2.12. The summed E-state index contributed by atoms with van der Waals surface area (Å²) in [6.45, 7) is 1.85. The van der Waals surface area contributed by atoms with E-state index < -0.39 is 0 Å². The van der Waals surface area contributed by atoms with Crippen molar-refractivity contribution >= 4 is 60.8 Å². The number of benzene rings is 1. The van der Waals surface area contributed by atoms with Crippen molar-refractivity contribution < 1.29 is 4.79 Å². The summed E-state index contributed by atoms with van der Waals surface area (Å²) in [5.74, 6) is -0.254. The largest absolute Gasteiger partial charge is 0.324 e. The number of amides is 1. The van der Waals surface area contributed by atoms with E-state index in [1.165, 1.54) is 27.7 Å². The highest BCUT2D eigenvalue weighted by Gasteiger charge is 2.15. The van der Waals surface area contributed by atoms with Gasteiger partial charge < -0.3 is 5.32 Å². The third kappa shape index (κ3) is 3.40. The van der Waals surface area contributed by atoms with Gasteiger partial charge in [0.2, 0.25) is 5.91 Å². The van der Waals surface area contributed by atoms with Gasteiger partial charge in [-0.3, -0.25) is 14.2 Å². The van der Waals surface area contributed by atoms with Crippen LogP contribution in [-0.2, 0) is 11.3 Å². The summed E-state index contributed by atoms with van der Waals surface area (Å²) in [6, 6.07) is 7.43. The van der Waals surface area contributed by atoms with E-state index in [1.807, 2.05) is 42.8 Å². The molecule has 0 saturated carbocycles. The molecule has 3 rings (SSSR count). The molecule has 2 heterocycles. The molecule has 0 atom stereocenters. The molecule has 3 aromatic rings. The Morgan fingerprint density at radius 3 is 2.92 bits per heavy atom. The molecule has 124 valence electrons. The van der Waals surface area contributed by atoms with E-state index in [4.69, 9.17) is 0 Å². The van der Waals surface area contributed by atoms with Gasteiger partial charge >= 0.3 is 0 Å². The van der Waals surface area contributed by atoms with Crippen LogP contribution in [0.1, 0.15) is 5.56 Å². The highest BCUT2D eigenvalue weighted by Crippen LogP contribution is 2.21. The number of nitrogens with one attached hydrogen (secondary N) is 1. The molecule has 24 heavy (non-hydrogen) atoms. The normalized spacial score (nSPS) is 11.0. The maximum absolute atomic E-state index is 12.6. The summed E-state index contributed by atoms with van der Waals surface area (Å²) in [6.07, 6.45) is 1.84. The number of halogens is 1. The second-order valence-corrected chi connectivity index (χ2v) is 7.74. The molecule has 0 fully saturated rings. The minimum Gasteiger partial charge on any atom is -0.324 e. The van der Waals surface area contributed by atoms with E-state index >= 15 is 0 Å². The van der Waals surface area contributed by atoms with Gasteiger partial charge in [0.15, 0.2) is 5.16 Å². The number of thiophene rings is 1. The van der Waals surface area contributed by atoms with Crippen LogP contribution in [-0.4, -0.2) is 21.7 Å². The van der Waals surface area contributed by atoms with Crippen molar-refractivity contribution in [3.63, 3.8) is 0 Å². The third-order valence-corrected chi connectivity index (χ3v) is 5.54. The molecule has 0 radical (unpaired) electrons. The van der Waals surface area contributed by atoms with E-state index in [1.54, 1.807) is 0 Å². The summed E-state index contributed by atoms with van der Waals surface area (Å²) in [5.41, 5.74) is 2.17. The first-order valence-electron chi connectivity index (χ1n) is 7.07. The zero-order valence-electron chi connectivity index (χ0n) is 13.0. The molecule has 2 aromatic heterocycles. The van der Waals surface area contributed by atoms with Crippen LogP contribution in [0.25, 0.3) is 10.2 Å². The first-order valence-corrected chi connectivity index (χ1v) is 9.97. The molecule has 5 nitrogen and oxygen atoms in total. The van der Waals surface area contributed by atoms with Crippen molar-refractivity contribution in [1.82, 2.24) is 9.55 Å². The summed E-state index contributed by atoms with van der Waals surface area (Å²) in [4.78, 5) is 29.5. The quantitative estimate of drug-likeness (QED) is 0.510. The Balaban J connectivity index is 1.90. The van der Waals surface area contributed by atoms with Gasteiger partial charge in [-0.1, -0.05) is 27.7 Å². The van der Waals surface area contributed by atoms with Crippen LogP contribution in [0.3, 0.4) is 0 Å². The van der Waals surface area contributed by atoms with Gasteiger partial charge in [0.05, 0.1) is 5.52 Å². The monoisotopic (exact) mass is 423 g/mol. The van der Waals surface area contributed by atoms with Crippen molar-refractivity contribution in [3.05, 3.63) is 50.0 Å². The minimum absolute atomic E-state index is 0.0641. The third-order valence-electron chi connectivity index (χ3n) is 3.48. The Morgan fingerprint density at radius 1 is 1.42 bits per heavy atom.